The van der Waals surface area contributed by atoms with Crippen molar-refractivity contribution in [2.75, 3.05) is 5.32 Å². The number of thiophene rings is 1. The van der Waals surface area contributed by atoms with Gasteiger partial charge in [-0.3, -0.25) is 24.8 Å². The van der Waals surface area contributed by atoms with Gasteiger partial charge in [0, 0.05) is 17.3 Å². The predicted octanol–water partition coefficient (Wildman–Crippen LogP) is 1.32. The van der Waals surface area contributed by atoms with Crippen LogP contribution >= 0.6 is 22.9 Å². The molecule has 1 unspecified atom stereocenters. The van der Waals surface area contributed by atoms with Crippen LogP contribution in [-0.4, -0.2) is 41.2 Å². The molecular formula is C20H19ClF3N7O6S2. The Morgan fingerprint density at radius 3 is 2.56 bits per heavy atom. The molecule has 2 amide bonds. The van der Waals surface area contributed by atoms with Crippen molar-refractivity contribution in [3.8, 4) is 0 Å². The molecule has 210 valence electrons. The molecule has 0 aliphatic heterocycles. The predicted molar refractivity (Wildman–Crippen MR) is 134 cm³/mol. The van der Waals surface area contributed by atoms with Crippen LogP contribution in [0.3, 0.4) is 0 Å². The molecule has 3 heterocycles. The molecule has 19 heteroatoms. The number of hydrogen-bond donors (Lipinski definition) is 6. The van der Waals surface area contributed by atoms with E-state index >= 15 is 0 Å². The van der Waals surface area contributed by atoms with E-state index in [0.29, 0.717) is 17.1 Å². The number of aromatic amines is 2. The zero-order chi connectivity index (χ0) is 29.0. The minimum absolute atomic E-state index is 0.0909. The first-order chi connectivity index (χ1) is 18.2. The molecule has 6 N–H and O–H groups in total. The van der Waals surface area contributed by atoms with Gasteiger partial charge in [0.25, 0.3) is 27.4 Å². The number of pyridine rings is 1. The number of H-pyrrole nitrogens is 2. The van der Waals surface area contributed by atoms with Gasteiger partial charge in [0.1, 0.15) is 21.6 Å². The Balaban J connectivity index is 1.59. The fourth-order valence-corrected chi connectivity index (χ4v) is 5.27. The number of hydrogen-bond acceptors (Lipinski definition) is 9. The van der Waals surface area contributed by atoms with E-state index in [2.05, 4.69) is 20.6 Å². The van der Waals surface area contributed by atoms with E-state index in [1.807, 2.05) is 15.2 Å². The van der Waals surface area contributed by atoms with Gasteiger partial charge in [-0.05, 0) is 24.6 Å². The number of carbonyl (C=O) groups excluding carboxylic acids is 2. The van der Waals surface area contributed by atoms with Crippen molar-refractivity contribution in [1.29, 1.82) is 0 Å². The van der Waals surface area contributed by atoms with Gasteiger partial charge in [-0.1, -0.05) is 18.5 Å². The third-order valence-electron chi connectivity index (χ3n) is 4.90. The molecule has 0 fully saturated rings. The Morgan fingerprint density at radius 2 is 1.95 bits per heavy atom. The number of hydrazine groups is 1. The maximum absolute atomic E-state index is 12.8. The number of carbonyl (C=O) groups is 2. The summed E-state index contributed by atoms with van der Waals surface area (Å²) < 4.78 is 63.4. The lowest BCUT2D eigenvalue weighted by molar-refractivity contribution is -0.137. The lowest BCUT2D eigenvalue weighted by Crippen LogP contribution is -2.48. The summed E-state index contributed by atoms with van der Waals surface area (Å²) in [6.07, 6.45) is -3.09. The first-order valence-corrected chi connectivity index (χ1v) is 13.4. The lowest BCUT2D eigenvalue weighted by atomic mass is 10.2. The van der Waals surface area contributed by atoms with Crippen molar-refractivity contribution < 1.29 is 31.2 Å². The number of anilines is 1. The molecule has 3 aromatic rings. The van der Waals surface area contributed by atoms with Crippen molar-refractivity contribution in [1.82, 2.24) is 30.5 Å². The van der Waals surface area contributed by atoms with Crippen LogP contribution in [-0.2, 0) is 27.5 Å². The molecule has 0 bridgehead atoms. The quantitative estimate of drug-likeness (QED) is 0.185. The number of alkyl halides is 3. The van der Waals surface area contributed by atoms with Crippen molar-refractivity contribution >= 4 is 50.6 Å². The monoisotopic (exact) mass is 609 g/mol. The van der Waals surface area contributed by atoms with E-state index in [0.717, 1.165) is 17.5 Å². The fraction of sp³-hybridized carbons (Fsp3) is 0.250. The highest BCUT2D eigenvalue weighted by atomic mass is 35.5. The van der Waals surface area contributed by atoms with Gasteiger partial charge in [-0.25, -0.2) is 18.2 Å². The molecule has 3 aromatic heterocycles. The summed E-state index contributed by atoms with van der Waals surface area (Å²) in [5.74, 6) is -1.88. The second-order valence-corrected chi connectivity index (χ2v) is 11.1. The first-order valence-electron chi connectivity index (χ1n) is 10.7. The molecule has 1 atom stereocenters. The van der Waals surface area contributed by atoms with E-state index < -0.39 is 50.9 Å². The van der Waals surface area contributed by atoms with Gasteiger partial charge >= 0.3 is 11.9 Å². The Morgan fingerprint density at radius 1 is 1.23 bits per heavy atom. The Labute approximate surface area is 226 Å². The van der Waals surface area contributed by atoms with Crippen LogP contribution < -0.4 is 32.1 Å². The third-order valence-corrected chi connectivity index (χ3v) is 8.01. The Hall–Kier alpha value is -3.74. The lowest BCUT2D eigenvalue weighted by Gasteiger charge is -2.18. The molecule has 0 aliphatic rings. The molecule has 0 saturated carbocycles. The Kier molecular flexibility index (Phi) is 9.15. The summed E-state index contributed by atoms with van der Waals surface area (Å²) in [4.78, 5) is 57.3. The average molecular weight is 610 g/mol. The summed E-state index contributed by atoms with van der Waals surface area (Å²) in [7, 11) is -4.25. The maximum Gasteiger partial charge on any atom is 0.417 e. The second-order valence-electron chi connectivity index (χ2n) is 7.64. The van der Waals surface area contributed by atoms with Crippen molar-refractivity contribution in [2.45, 2.75) is 36.3 Å². The van der Waals surface area contributed by atoms with Crippen LogP contribution in [0.4, 0.5) is 19.0 Å². The van der Waals surface area contributed by atoms with Crippen molar-refractivity contribution in [3.63, 3.8) is 0 Å². The molecule has 0 radical (unpaired) electrons. The largest absolute Gasteiger partial charge is 0.417 e. The van der Waals surface area contributed by atoms with Crippen LogP contribution in [0.25, 0.3) is 0 Å². The van der Waals surface area contributed by atoms with E-state index in [9.17, 15) is 40.8 Å². The number of nitrogens with one attached hydrogen (secondary N) is 6. The van der Waals surface area contributed by atoms with Crippen LogP contribution in [0.2, 0.25) is 5.02 Å². The van der Waals surface area contributed by atoms with Gasteiger partial charge in [0.15, 0.2) is 0 Å². The highest BCUT2D eigenvalue weighted by Gasteiger charge is 2.32. The SMILES string of the molecule is CCC(Nc1ncc(C(F)(F)F)cc1Cl)C(=O)NNS(=O)(=O)c1ccc(CNC(=O)c2c[nH]c(=O)[nH]c2=O)s1. The molecule has 13 nitrogen and oxygen atoms in total. The molecular weight excluding hydrogens is 591 g/mol. The number of halogens is 4. The molecule has 0 saturated heterocycles. The molecule has 39 heavy (non-hydrogen) atoms. The summed E-state index contributed by atoms with van der Waals surface area (Å²) in [6.45, 7) is 1.41. The van der Waals surface area contributed by atoms with Crippen LogP contribution in [0, 0.1) is 0 Å². The highest BCUT2D eigenvalue weighted by molar-refractivity contribution is 7.91. The van der Waals surface area contributed by atoms with E-state index in [4.69, 9.17) is 11.6 Å². The zero-order valence-electron chi connectivity index (χ0n) is 19.6. The van der Waals surface area contributed by atoms with Crippen LogP contribution in [0.1, 0.15) is 34.1 Å². The first kappa shape index (κ1) is 29.8. The maximum atomic E-state index is 12.8. The van der Waals surface area contributed by atoms with Gasteiger partial charge in [0.2, 0.25) is 0 Å². The number of aromatic nitrogens is 3. The standard InChI is InChI=1S/C20H19ClF3N7O6S2/c1-2-13(28-15-12(21)5-9(6-25-15)20(22,23)24)18(34)30-31-39(36,37)14-4-3-10(38-14)7-26-16(32)11-8-27-19(35)29-17(11)33/h3-6,8,13,31H,2,7H2,1H3,(H,25,28)(H,26,32)(H,30,34)(H2,27,29,33,35). The number of nitrogens with zero attached hydrogens (tertiary/aromatic N) is 1. The van der Waals surface area contributed by atoms with Crippen LogP contribution in [0.15, 0.2) is 44.4 Å². The normalized spacial score (nSPS) is 12.5. The molecule has 0 spiro atoms. The smallest absolute Gasteiger partial charge is 0.357 e. The summed E-state index contributed by atoms with van der Waals surface area (Å²) >= 11 is 6.61. The van der Waals surface area contributed by atoms with Gasteiger partial charge in [0.05, 0.1) is 17.1 Å². The minimum atomic E-state index is -4.66. The Bertz CT molecular complexity index is 1600. The van der Waals surface area contributed by atoms with E-state index in [1.165, 1.54) is 12.1 Å². The van der Waals surface area contributed by atoms with Gasteiger partial charge in [-0.2, -0.15) is 13.2 Å². The summed E-state index contributed by atoms with van der Waals surface area (Å²) in [5, 5.41) is 4.59. The summed E-state index contributed by atoms with van der Waals surface area (Å²) in [6, 6.07) is 2.14. The number of sulfonamides is 1. The zero-order valence-corrected chi connectivity index (χ0v) is 22.0. The van der Waals surface area contributed by atoms with Crippen molar-refractivity contribution in [2.24, 2.45) is 0 Å². The van der Waals surface area contributed by atoms with Gasteiger partial charge < -0.3 is 15.6 Å². The third kappa shape index (κ3) is 7.65. The second kappa shape index (κ2) is 12.0. The van der Waals surface area contributed by atoms with Crippen molar-refractivity contribution in [3.05, 3.63) is 72.5 Å². The molecule has 0 aliphatic carbocycles. The average Bonchev–Trinajstić information content (AvgIpc) is 3.35. The molecule has 0 aromatic carbocycles. The number of rotatable bonds is 10. The van der Waals surface area contributed by atoms with E-state index in [-0.39, 0.29) is 33.6 Å². The van der Waals surface area contributed by atoms with Gasteiger partial charge in [-0.15, -0.1) is 16.2 Å². The number of amides is 2. The van der Waals surface area contributed by atoms with Crippen LogP contribution in [0.5, 0.6) is 0 Å². The minimum Gasteiger partial charge on any atom is -0.357 e. The highest BCUT2D eigenvalue weighted by Crippen LogP contribution is 2.32. The van der Waals surface area contributed by atoms with E-state index in [1.54, 1.807) is 6.92 Å². The molecule has 3 rings (SSSR count). The topological polar surface area (TPSA) is 195 Å². The summed E-state index contributed by atoms with van der Waals surface area (Å²) in [5.41, 5.74) is -1.10. The fourth-order valence-electron chi connectivity index (χ4n) is 2.91.